The van der Waals surface area contributed by atoms with E-state index in [-0.39, 0.29) is 33.2 Å². The molecule has 0 amide bonds. The smallest absolute Gasteiger partial charge is 0.332 e. The van der Waals surface area contributed by atoms with Crippen molar-refractivity contribution in [1.29, 1.82) is 0 Å². The third kappa shape index (κ3) is 7.91. The molecule has 0 saturated heterocycles. The van der Waals surface area contributed by atoms with Gasteiger partial charge in [-0.2, -0.15) is 0 Å². The first-order chi connectivity index (χ1) is 9.33. The Balaban J connectivity index is 1.98. The fourth-order valence-corrected chi connectivity index (χ4v) is 1.19. The van der Waals surface area contributed by atoms with Gasteiger partial charge in [0, 0.05) is 0 Å². The summed E-state index contributed by atoms with van der Waals surface area (Å²) in [6, 6.07) is 9.38. The summed E-state index contributed by atoms with van der Waals surface area (Å²) in [5.41, 5.74) is 0.921. The SMILES string of the molecule is O=COCOCCOCC(=O)OCc1ccccc1. The summed E-state index contributed by atoms with van der Waals surface area (Å²) in [5, 5.41) is 0. The molecule has 6 heteroatoms. The van der Waals surface area contributed by atoms with Gasteiger partial charge >= 0.3 is 5.97 Å². The highest BCUT2D eigenvalue weighted by Crippen LogP contribution is 2.00. The Labute approximate surface area is 111 Å². The lowest BCUT2D eigenvalue weighted by molar-refractivity contribution is -0.151. The van der Waals surface area contributed by atoms with Crippen LogP contribution >= 0.6 is 0 Å². The van der Waals surface area contributed by atoms with E-state index < -0.39 is 5.97 Å². The first kappa shape index (κ1) is 15.1. The van der Waals surface area contributed by atoms with Gasteiger partial charge in [-0.3, -0.25) is 4.79 Å². The van der Waals surface area contributed by atoms with Gasteiger partial charge in [-0.25, -0.2) is 4.79 Å². The van der Waals surface area contributed by atoms with E-state index in [9.17, 15) is 9.59 Å². The monoisotopic (exact) mass is 268 g/mol. The quantitative estimate of drug-likeness (QED) is 0.272. The number of benzene rings is 1. The molecule has 0 aliphatic carbocycles. The van der Waals surface area contributed by atoms with Crippen LogP contribution in [0.3, 0.4) is 0 Å². The van der Waals surface area contributed by atoms with Crippen LogP contribution in [0.1, 0.15) is 5.56 Å². The van der Waals surface area contributed by atoms with Gasteiger partial charge in [-0.1, -0.05) is 30.3 Å². The van der Waals surface area contributed by atoms with Crippen LogP contribution in [-0.4, -0.2) is 39.1 Å². The molecule has 0 saturated carbocycles. The minimum absolute atomic E-state index is 0.120. The zero-order chi connectivity index (χ0) is 13.8. The van der Waals surface area contributed by atoms with E-state index in [0.717, 1.165) is 5.56 Å². The van der Waals surface area contributed by atoms with Crippen molar-refractivity contribution in [2.24, 2.45) is 0 Å². The molecule has 19 heavy (non-hydrogen) atoms. The highest BCUT2D eigenvalue weighted by Gasteiger charge is 2.03. The van der Waals surface area contributed by atoms with Crippen LogP contribution in [0.15, 0.2) is 30.3 Å². The van der Waals surface area contributed by atoms with E-state index >= 15 is 0 Å². The van der Waals surface area contributed by atoms with Crippen LogP contribution in [0.4, 0.5) is 0 Å². The van der Waals surface area contributed by atoms with Gasteiger partial charge in [0.25, 0.3) is 6.47 Å². The zero-order valence-corrected chi connectivity index (χ0v) is 10.4. The van der Waals surface area contributed by atoms with Crippen LogP contribution in [0.2, 0.25) is 0 Å². The van der Waals surface area contributed by atoms with Crippen molar-refractivity contribution in [3.05, 3.63) is 35.9 Å². The number of carbonyl (C=O) groups excluding carboxylic acids is 2. The topological polar surface area (TPSA) is 71.1 Å². The predicted octanol–water partition coefficient (Wildman–Crippen LogP) is 0.893. The Morgan fingerprint density at radius 2 is 1.84 bits per heavy atom. The Morgan fingerprint density at radius 1 is 1.11 bits per heavy atom. The predicted molar refractivity (Wildman–Crippen MR) is 65.0 cm³/mol. The van der Waals surface area contributed by atoms with Crippen molar-refractivity contribution in [1.82, 2.24) is 0 Å². The maximum absolute atomic E-state index is 11.3. The van der Waals surface area contributed by atoms with Gasteiger partial charge in [0.05, 0.1) is 13.2 Å². The van der Waals surface area contributed by atoms with Crippen molar-refractivity contribution in [2.75, 3.05) is 26.6 Å². The fraction of sp³-hybridized carbons (Fsp3) is 0.385. The molecular formula is C13H16O6. The average molecular weight is 268 g/mol. The van der Waals surface area contributed by atoms with Gasteiger partial charge in [-0.15, -0.1) is 0 Å². The molecule has 1 aromatic rings. The van der Waals surface area contributed by atoms with Crippen LogP contribution in [0, 0.1) is 0 Å². The second-order valence-corrected chi connectivity index (χ2v) is 3.49. The summed E-state index contributed by atoms with van der Waals surface area (Å²) in [4.78, 5) is 21.1. The van der Waals surface area contributed by atoms with Gasteiger partial charge < -0.3 is 18.9 Å². The maximum Gasteiger partial charge on any atom is 0.332 e. The molecule has 1 aromatic carbocycles. The van der Waals surface area contributed by atoms with E-state index in [0.29, 0.717) is 6.47 Å². The zero-order valence-electron chi connectivity index (χ0n) is 10.4. The van der Waals surface area contributed by atoms with E-state index in [2.05, 4.69) is 4.74 Å². The van der Waals surface area contributed by atoms with Crippen molar-refractivity contribution in [3.8, 4) is 0 Å². The van der Waals surface area contributed by atoms with Gasteiger partial charge in [0.2, 0.25) is 0 Å². The molecule has 104 valence electrons. The molecular weight excluding hydrogens is 252 g/mol. The second-order valence-electron chi connectivity index (χ2n) is 3.49. The first-order valence-electron chi connectivity index (χ1n) is 5.73. The minimum atomic E-state index is -0.437. The van der Waals surface area contributed by atoms with Crippen LogP contribution in [0.25, 0.3) is 0 Å². The molecule has 6 nitrogen and oxygen atoms in total. The van der Waals surface area contributed by atoms with Crippen LogP contribution in [-0.2, 0) is 35.1 Å². The lowest BCUT2D eigenvalue weighted by Crippen LogP contribution is -2.15. The van der Waals surface area contributed by atoms with Crippen LogP contribution < -0.4 is 0 Å². The Kier molecular flexibility index (Phi) is 8.00. The van der Waals surface area contributed by atoms with Crippen molar-refractivity contribution < 1.29 is 28.5 Å². The standard InChI is InChI=1S/C13H16O6/c14-10-18-11-17-7-6-16-9-13(15)19-8-12-4-2-1-3-5-12/h1-5,10H,6-9,11H2. The number of hydrogen-bond acceptors (Lipinski definition) is 6. The fourth-order valence-electron chi connectivity index (χ4n) is 1.19. The maximum atomic E-state index is 11.3. The highest BCUT2D eigenvalue weighted by molar-refractivity contribution is 5.70. The molecule has 0 aromatic heterocycles. The van der Waals surface area contributed by atoms with Crippen molar-refractivity contribution in [2.45, 2.75) is 6.61 Å². The average Bonchev–Trinajstić information content (AvgIpc) is 2.45. The number of ether oxygens (including phenoxy) is 4. The second kappa shape index (κ2) is 10.0. The van der Waals surface area contributed by atoms with E-state index in [4.69, 9.17) is 14.2 Å². The summed E-state index contributed by atoms with van der Waals surface area (Å²) >= 11 is 0. The summed E-state index contributed by atoms with van der Waals surface area (Å²) in [6.45, 7) is 0.729. The number of carbonyl (C=O) groups is 2. The number of rotatable bonds is 10. The summed E-state index contributed by atoms with van der Waals surface area (Å²) < 4.78 is 19.2. The van der Waals surface area contributed by atoms with Crippen molar-refractivity contribution >= 4 is 12.4 Å². The van der Waals surface area contributed by atoms with E-state index in [1.807, 2.05) is 30.3 Å². The molecule has 0 bridgehead atoms. The molecule has 0 radical (unpaired) electrons. The lowest BCUT2D eigenvalue weighted by atomic mass is 10.2. The molecule has 0 heterocycles. The van der Waals surface area contributed by atoms with Gasteiger partial charge in [0.15, 0.2) is 6.79 Å². The first-order valence-corrected chi connectivity index (χ1v) is 5.73. The van der Waals surface area contributed by atoms with Gasteiger partial charge in [-0.05, 0) is 5.56 Å². The van der Waals surface area contributed by atoms with E-state index in [1.54, 1.807) is 0 Å². The highest BCUT2D eigenvalue weighted by atomic mass is 16.7. The largest absolute Gasteiger partial charge is 0.459 e. The molecule has 0 N–H and O–H groups in total. The molecule has 0 spiro atoms. The number of hydrogen-bond donors (Lipinski definition) is 0. The Morgan fingerprint density at radius 3 is 2.58 bits per heavy atom. The Hall–Kier alpha value is -1.92. The molecule has 0 fully saturated rings. The lowest BCUT2D eigenvalue weighted by Gasteiger charge is -2.06. The summed E-state index contributed by atoms with van der Waals surface area (Å²) in [5.74, 6) is -0.437. The molecule has 0 aliphatic rings. The Bertz CT molecular complexity index is 365. The van der Waals surface area contributed by atoms with Crippen molar-refractivity contribution in [3.63, 3.8) is 0 Å². The molecule has 0 atom stereocenters. The number of esters is 1. The normalized spacial score (nSPS) is 9.89. The van der Waals surface area contributed by atoms with Gasteiger partial charge in [0.1, 0.15) is 13.2 Å². The minimum Gasteiger partial charge on any atom is -0.459 e. The van der Waals surface area contributed by atoms with Crippen LogP contribution in [0.5, 0.6) is 0 Å². The summed E-state index contributed by atoms with van der Waals surface area (Å²) in [6.07, 6.45) is 0. The molecule has 0 aliphatic heterocycles. The van der Waals surface area contributed by atoms with E-state index in [1.165, 1.54) is 0 Å². The third-order valence-electron chi connectivity index (χ3n) is 2.05. The third-order valence-corrected chi connectivity index (χ3v) is 2.05. The summed E-state index contributed by atoms with van der Waals surface area (Å²) in [7, 11) is 0. The molecule has 1 rings (SSSR count). The molecule has 0 unspecified atom stereocenters.